The van der Waals surface area contributed by atoms with Crippen molar-refractivity contribution in [1.82, 2.24) is 14.6 Å². The highest BCUT2D eigenvalue weighted by Crippen LogP contribution is 2.25. The standard InChI is InChI=1S/C14H16N4O3S2/c1-4-12-16-18-13(9(2)15-14(18)22-12)23(19,20)17-10-5-7-11(21-3)8-6-10/h5-8,17H,4H2,1-3H3. The van der Waals surface area contributed by atoms with E-state index < -0.39 is 10.0 Å². The molecule has 0 aliphatic rings. The van der Waals surface area contributed by atoms with Gasteiger partial charge in [-0.05, 0) is 37.6 Å². The predicted molar refractivity (Wildman–Crippen MR) is 88.8 cm³/mol. The summed E-state index contributed by atoms with van der Waals surface area (Å²) < 4.78 is 34.4. The maximum Gasteiger partial charge on any atom is 0.281 e. The molecule has 1 N–H and O–H groups in total. The maximum absolute atomic E-state index is 12.7. The number of hydrogen-bond acceptors (Lipinski definition) is 6. The highest BCUT2D eigenvalue weighted by molar-refractivity contribution is 7.92. The van der Waals surface area contributed by atoms with Crippen molar-refractivity contribution in [1.29, 1.82) is 0 Å². The van der Waals surface area contributed by atoms with Gasteiger partial charge in [-0.1, -0.05) is 18.3 Å². The molecule has 1 aromatic carbocycles. The average molecular weight is 352 g/mol. The molecular weight excluding hydrogens is 336 g/mol. The van der Waals surface area contributed by atoms with Crippen LogP contribution in [0.3, 0.4) is 0 Å². The van der Waals surface area contributed by atoms with Crippen LogP contribution in [0.2, 0.25) is 0 Å². The molecule has 7 nitrogen and oxygen atoms in total. The smallest absolute Gasteiger partial charge is 0.281 e. The highest BCUT2D eigenvalue weighted by Gasteiger charge is 2.25. The van der Waals surface area contributed by atoms with E-state index in [9.17, 15) is 8.42 Å². The van der Waals surface area contributed by atoms with Crippen molar-refractivity contribution in [3.63, 3.8) is 0 Å². The number of nitrogens with zero attached hydrogens (tertiary/aromatic N) is 3. The molecular formula is C14H16N4O3S2. The second kappa shape index (κ2) is 5.82. The molecule has 122 valence electrons. The van der Waals surface area contributed by atoms with E-state index in [1.807, 2.05) is 6.92 Å². The predicted octanol–water partition coefficient (Wildman–Crippen LogP) is 2.47. The lowest BCUT2D eigenvalue weighted by Crippen LogP contribution is -2.16. The molecule has 3 rings (SSSR count). The van der Waals surface area contributed by atoms with E-state index >= 15 is 0 Å². The Balaban J connectivity index is 2.01. The van der Waals surface area contributed by atoms with Crippen LogP contribution in [0.4, 0.5) is 5.69 Å². The van der Waals surface area contributed by atoms with Gasteiger partial charge in [0.2, 0.25) is 9.99 Å². The largest absolute Gasteiger partial charge is 0.497 e. The fraction of sp³-hybridized carbons (Fsp3) is 0.286. The van der Waals surface area contributed by atoms with Crippen LogP contribution < -0.4 is 9.46 Å². The van der Waals surface area contributed by atoms with Crippen LogP contribution in [-0.4, -0.2) is 30.1 Å². The van der Waals surface area contributed by atoms with Gasteiger partial charge >= 0.3 is 0 Å². The highest BCUT2D eigenvalue weighted by atomic mass is 32.2. The number of hydrogen-bond donors (Lipinski definition) is 1. The van der Waals surface area contributed by atoms with Crippen LogP contribution >= 0.6 is 11.3 Å². The molecule has 0 bridgehead atoms. The van der Waals surface area contributed by atoms with Crippen LogP contribution in [0, 0.1) is 6.92 Å². The molecule has 2 heterocycles. The fourth-order valence-corrected chi connectivity index (χ4v) is 4.45. The Bertz CT molecular complexity index is 942. The minimum absolute atomic E-state index is 0.0688. The van der Waals surface area contributed by atoms with Gasteiger partial charge in [-0.15, -0.1) is 0 Å². The fourth-order valence-electron chi connectivity index (χ4n) is 2.18. The van der Waals surface area contributed by atoms with Gasteiger partial charge in [0, 0.05) is 5.69 Å². The normalized spacial score (nSPS) is 11.8. The first-order valence-electron chi connectivity index (χ1n) is 6.96. The van der Waals surface area contributed by atoms with Crippen LogP contribution in [0.1, 0.15) is 17.6 Å². The van der Waals surface area contributed by atoms with Crippen molar-refractivity contribution in [2.45, 2.75) is 25.3 Å². The molecule has 0 atom stereocenters. The molecule has 0 aliphatic heterocycles. The molecule has 2 aromatic heterocycles. The van der Waals surface area contributed by atoms with Gasteiger partial charge in [0.05, 0.1) is 12.8 Å². The summed E-state index contributed by atoms with van der Waals surface area (Å²) in [5.74, 6) is 0.656. The van der Waals surface area contributed by atoms with Crippen molar-refractivity contribution >= 4 is 32.0 Å². The van der Waals surface area contributed by atoms with Gasteiger partial charge in [-0.2, -0.15) is 18.0 Å². The number of fused-ring (bicyclic) bond motifs is 1. The molecule has 0 radical (unpaired) electrons. The molecule has 0 unspecified atom stereocenters. The van der Waals surface area contributed by atoms with Gasteiger partial charge in [0.25, 0.3) is 10.0 Å². The topological polar surface area (TPSA) is 85.6 Å². The monoisotopic (exact) mass is 352 g/mol. The molecule has 0 saturated heterocycles. The van der Waals surface area contributed by atoms with Gasteiger partial charge in [0.15, 0.2) is 0 Å². The number of sulfonamides is 1. The van der Waals surface area contributed by atoms with E-state index in [1.165, 1.54) is 15.9 Å². The van der Waals surface area contributed by atoms with Crippen LogP contribution in [0.5, 0.6) is 5.75 Å². The minimum atomic E-state index is -3.79. The second-order valence-corrected chi connectivity index (χ2v) is 7.52. The zero-order valence-electron chi connectivity index (χ0n) is 12.9. The van der Waals surface area contributed by atoms with Crippen LogP contribution in [0.15, 0.2) is 29.3 Å². The summed E-state index contributed by atoms with van der Waals surface area (Å²) in [5.41, 5.74) is 0.874. The van der Waals surface area contributed by atoms with E-state index in [4.69, 9.17) is 4.74 Å². The van der Waals surface area contributed by atoms with Crippen molar-refractivity contribution in [2.24, 2.45) is 0 Å². The summed E-state index contributed by atoms with van der Waals surface area (Å²) in [4.78, 5) is 4.88. The Kier molecular flexibility index (Phi) is 3.99. The number of benzene rings is 1. The van der Waals surface area contributed by atoms with Crippen molar-refractivity contribution in [3.05, 3.63) is 35.0 Å². The molecule has 0 spiro atoms. The minimum Gasteiger partial charge on any atom is -0.497 e. The Morgan fingerprint density at radius 2 is 2.00 bits per heavy atom. The molecule has 23 heavy (non-hydrogen) atoms. The Morgan fingerprint density at radius 1 is 1.30 bits per heavy atom. The first-order valence-corrected chi connectivity index (χ1v) is 9.26. The third-order valence-electron chi connectivity index (χ3n) is 3.27. The number of imidazole rings is 1. The molecule has 3 aromatic rings. The molecule has 0 fully saturated rings. The number of rotatable bonds is 5. The van der Waals surface area contributed by atoms with Crippen molar-refractivity contribution < 1.29 is 13.2 Å². The lowest BCUT2D eigenvalue weighted by atomic mass is 10.3. The third-order valence-corrected chi connectivity index (χ3v) is 5.80. The van der Waals surface area contributed by atoms with E-state index in [0.29, 0.717) is 22.1 Å². The van der Waals surface area contributed by atoms with E-state index in [2.05, 4.69) is 14.8 Å². The van der Waals surface area contributed by atoms with Gasteiger partial charge in [-0.3, -0.25) is 4.72 Å². The summed E-state index contributed by atoms with van der Waals surface area (Å²) in [6.45, 7) is 3.63. The number of nitrogens with one attached hydrogen (secondary N) is 1. The van der Waals surface area contributed by atoms with Crippen LogP contribution in [-0.2, 0) is 16.4 Å². The van der Waals surface area contributed by atoms with Crippen LogP contribution in [0.25, 0.3) is 4.96 Å². The lowest BCUT2D eigenvalue weighted by molar-refractivity contribution is 0.415. The summed E-state index contributed by atoms with van der Waals surface area (Å²) in [7, 11) is -2.23. The first kappa shape index (κ1) is 15.8. The third kappa shape index (κ3) is 2.89. The first-order chi connectivity index (χ1) is 10.9. The van der Waals surface area contributed by atoms with Crippen molar-refractivity contribution in [2.75, 3.05) is 11.8 Å². The number of methoxy groups -OCH3 is 1. The number of anilines is 1. The second-order valence-electron chi connectivity index (χ2n) is 4.88. The molecule has 0 amide bonds. The summed E-state index contributed by atoms with van der Waals surface area (Å²) >= 11 is 1.39. The maximum atomic E-state index is 12.7. The number of aryl methyl sites for hydroxylation is 2. The zero-order valence-corrected chi connectivity index (χ0v) is 14.5. The van der Waals surface area contributed by atoms with Gasteiger partial charge < -0.3 is 4.74 Å². The summed E-state index contributed by atoms with van der Waals surface area (Å²) in [5, 5.41) is 5.23. The molecule has 9 heteroatoms. The average Bonchev–Trinajstić information content (AvgIpc) is 3.03. The Labute approximate surface area is 138 Å². The van der Waals surface area contributed by atoms with Crippen molar-refractivity contribution in [3.8, 4) is 5.75 Å². The van der Waals surface area contributed by atoms with E-state index in [1.54, 1.807) is 38.3 Å². The number of ether oxygens (including phenoxy) is 1. The SMILES string of the molecule is CCc1nn2c(S(=O)(=O)Nc3ccc(OC)cc3)c(C)nc2s1. The molecule has 0 aliphatic carbocycles. The van der Waals surface area contributed by atoms with Gasteiger partial charge in [-0.25, -0.2) is 4.98 Å². The van der Waals surface area contributed by atoms with E-state index in [0.717, 1.165) is 11.4 Å². The quantitative estimate of drug-likeness (QED) is 0.762. The Morgan fingerprint density at radius 3 is 2.61 bits per heavy atom. The van der Waals surface area contributed by atoms with Gasteiger partial charge in [0.1, 0.15) is 10.8 Å². The van der Waals surface area contributed by atoms with E-state index in [-0.39, 0.29) is 5.03 Å². The summed E-state index contributed by atoms with van der Waals surface area (Å²) in [6.07, 6.45) is 0.735. The lowest BCUT2D eigenvalue weighted by Gasteiger charge is -2.08. The molecule has 0 saturated carbocycles. The Hall–Kier alpha value is -2.13. The number of aromatic nitrogens is 3. The zero-order chi connectivity index (χ0) is 16.6. The summed E-state index contributed by atoms with van der Waals surface area (Å²) in [6, 6.07) is 6.66.